The van der Waals surface area contributed by atoms with E-state index >= 15 is 0 Å². The Morgan fingerprint density at radius 3 is 3.25 bits per heavy atom. The molecule has 1 aliphatic heterocycles. The van der Waals surface area contributed by atoms with E-state index in [0.29, 0.717) is 18.7 Å². The van der Waals surface area contributed by atoms with Gasteiger partial charge in [0.1, 0.15) is 0 Å². The molecule has 1 fully saturated rings. The fourth-order valence-electron chi connectivity index (χ4n) is 1.49. The van der Waals surface area contributed by atoms with Crippen LogP contribution in [-0.4, -0.2) is 48.4 Å². The van der Waals surface area contributed by atoms with Crippen molar-refractivity contribution >= 4 is 5.91 Å². The Labute approximate surface area is 93.4 Å². The summed E-state index contributed by atoms with van der Waals surface area (Å²) >= 11 is 0. The smallest absolute Gasteiger partial charge is 0.253 e. The molecule has 2 N–H and O–H groups in total. The minimum absolute atomic E-state index is 0.137. The first kappa shape index (κ1) is 11.0. The zero-order chi connectivity index (χ0) is 11.2. The van der Waals surface area contributed by atoms with Crippen molar-refractivity contribution < 1.29 is 9.53 Å². The Morgan fingerprint density at radius 2 is 2.56 bits per heavy atom. The lowest BCUT2D eigenvalue weighted by atomic mass is 10.2. The summed E-state index contributed by atoms with van der Waals surface area (Å²) in [4.78, 5) is 11.6. The summed E-state index contributed by atoms with van der Waals surface area (Å²) < 4.78 is 5.28. The molecule has 6 heteroatoms. The second-order valence-corrected chi connectivity index (χ2v) is 3.57. The van der Waals surface area contributed by atoms with E-state index in [2.05, 4.69) is 20.8 Å². The summed E-state index contributed by atoms with van der Waals surface area (Å²) in [6, 6.07) is 1.82. The molecular weight excluding hydrogens is 208 g/mol. The molecule has 1 unspecified atom stereocenters. The number of rotatable bonds is 3. The van der Waals surface area contributed by atoms with Crippen molar-refractivity contribution in [3.05, 3.63) is 24.0 Å². The Balaban J connectivity index is 1.79. The second kappa shape index (κ2) is 5.53. The minimum Gasteiger partial charge on any atom is -0.378 e. The zero-order valence-electron chi connectivity index (χ0n) is 8.85. The lowest BCUT2D eigenvalue weighted by molar-refractivity contribution is 0.0734. The molecule has 0 spiro atoms. The minimum atomic E-state index is -0.137. The highest BCUT2D eigenvalue weighted by atomic mass is 16.5. The largest absolute Gasteiger partial charge is 0.378 e. The predicted octanol–water partition coefficient (Wildman–Crippen LogP) is -0.805. The van der Waals surface area contributed by atoms with Gasteiger partial charge in [-0.15, -0.1) is 0 Å². The maximum Gasteiger partial charge on any atom is 0.253 e. The first-order valence-corrected chi connectivity index (χ1v) is 5.22. The van der Waals surface area contributed by atoms with Crippen LogP contribution in [0.25, 0.3) is 0 Å². The van der Waals surface area contributed by atoms with Gasteiger partial charge in [0.2, 0.25) is 0 Å². The number of ether oxygens (including phenoxy) is 1. The van der Waals surface area contributed by atoms with Crippen molar-refractivity contribution in [1.29, 1.82) is 0 Å². The number of amides is 1. The normalized spacial score (nSPS) is 20.4. The van der Waals surface area contributed by atoms with Gasteiger partial charge in [0.15, 0.2) is 0 Å². The molecule has 1 aromatic heterocycles. The van der Waals surface area contributed by atoms with Crippen molar-refractivity contribution in [2.75, 3.05) is 26.3 Å². The zero-order valence-corrected chi connectivity index (χ0v) is 8.85. The molecule has 0 bridgehead atoms. The van der Waals surface area contributed by atoms with Crippen molar-refractivity contribution in [2.24, 2.45) is 0 Å². The monoisotopic (exact) mass is 222 g/mol. The van der Waals surface area contributed by atoms with Gasteiger partial charge in [0.25, 0.3) is 5.91 Å². The van der Waals surface area contributed by atoms with Crippen LogP contribution < -0.4 is 10.6 Å². The first-order valence-electron chi connectivity index (χ1n) is 5.22. The van der Waals surface area contributed by atoms with E-state index in [9.17, 15) is 4.79 Å². The predicted molar refractivity (Wildman–Crippen MR) is 57.0 cm³/mol. The molecule has 86 valence electrons. The average molecular weight is 222 g/mol. The maximum atomic E-state index is 11.6. The van der Waals surface area contributed by atoms with E-state index in [1.165, 1.54) is 12.4 Å². The molecular formula is C10H14N4O2. The molecule has 0 aliphatic carbocycles. The number of carbonyl (C=O) groups excluding carboxylic acids is 1. The Hall–Kier alpha value is -1.53. The van der Waals surface area contributed by atoms with Crippen LogP contribution in [0.1, 0.15) is 10.4 Å². The SMILES string of the molecule is O=C(NCC1COCCN1)c1ccnnc1. The van der Waals surface area contributed by atoms with Crippen LogP contribution in [-0.2, 0) is 4.74 Å². The van der Waals surface area contributed by atoms with Crippen molar-refractivity contribution in [2.45, 2.75) is 6.04 Å². The Kier molecular flexibility index (Phi) is 3.79. The van der Waals surface area contributed by atoms with Gasteiger partial charge in [0, 0.05) is 19.1 Å². The summed E-state index contributed by atoms with van der Waals surface area (Å²) in [5.41, 5.74) is 0.520. The van der Waals surface area contributed by atoms with E-state index < -0.39 is 0 Å². The molecule has 1 aliphatic rings. The molecule has 2 heterocycles. The van der Waals surface area contributed by atoms with Crippen LogP contribution in [0, 0.1) is 0 Å². The van der Waals surface area contributed by atoms with E-state index in [-0.39, 0.29) is 11.9 Å². The summed E-state index contributed by atoms with van der Waals surface area (Å²) in [7, 11) is 0. The Bertz CT molecular complexity index is 338. The third-order valence-electron chi connectivity index (χ3n) is 2.35. The molecule has 0 radical (unpaired) electrons. The van der Waals surface area contributed by atoms with Crippen molar-refractivity contribution in [3.63, 3.8) is 0 Å². The summed E-state index contributed by atoms with van der Waals surface area (Å²) in [6.07, 6.45) is 2.94. The highest BCUT2D eigenvalue weighted by Crippen LogP contribution is 1.95. The quantitative estimate of drug-likeness (QED) is 0.700. The first-order chi connectivity index (χ1) is 7.86. The number of hydrogen-bond acceptors (Lipinski definition) is 5. The highest BCUT2D eigenvalue weighted by molar-refractivity contribution is 5.93. The van der Waals surface area contributed by atoms with Gasteiger partial charge >= 0.3 is 0 Å². The molecule has 6 nitrogen and oxygen atoms in total. The van der Waals surface area contributed by atoms with E-state index in [4.69, 9.17) is 4.74 Å². The molecule has 16 heavy (non-hydrogen) atoms. The van der Waals surface area contributed by atoms with Crippen LogP contribution in [0.5, 0.6) is 0 Å². The molecule has 0 saturated carbocycles. The van der Waals surface area contributed by atoms with Gasteiger partial charge in [-0.1, -0.05) is 0 Å². The topological polar surface area (TPSA) is 76.1 Å². The number of morpholine rings is 1. The molecule has 1 aromatic rings. The van der Waals surface area contributed by atoms with Crippen LogP contribution in [0.15, 0.2) is 18.5 Å². The summed E-state index contributed by atoms with van der Waals surface area (Å²) in [6.45, 7) is 2.76. The maximum absolute atomic E-state index is 11.6. The number of carbonyl (C=O) groups is 1. The average Bonchev–Trinajstić information content (AvgIpc) is 2.38. The number of aromatic nitrogens is 2. The van der Waals surface area contributed by atoms with Crippen molar-refractivity contribution in [1.82, 2.24) is 20.8 Å². The van der Waals surface area contributed by atoms with Gasteiger partial charge in [-0.25, -0.2) is 0 Å². The van der Waals surface area contributed by atoms with E-state index in [1.807, 2.05) is 0 Å². The Morgan fingerprint density at radius 1 is 1.62 bits per heavy atom. The fourth-order valence-corrected chi connectivity index (χ4v) is 1.49. The third kappa shape index (κ3) is 2.98. The molecule has 0 aromatic carbocycles. The van der Waals surface area contributed by atoms with Gasteiger partial charge < -0.3 is 15.4 Å². The lowest BCUT2D eigenvalue weighted by Crippen LogP contribution is -2.48. The van der Waals surface area contributed by atoms with Crippen LogP contribution >= 0.6 is 0 Å². The van der Waals surface area contributed by atoms with Gasteiger partial charge in [-0.05, 0) is 6.07 Å². The van der Waals surface area contributed by atoms with E-state index in [0.717, 1.165) is 13.2 Å². The summed E-state index contributed by atoms with van der Waals surface area (Å²) in [5.74, 6) is -0.137. The lowest BCUT2D eigenvalue weighted by Gasteiger charge is -2.23. The number of nitrogens with zero attached hydrogens (tertiary/aromatic N) is 2. The number of hydrogen-bond donors (Lipinski definition) is 2. The molecule has 1 amide bonds. The fraction of sp³-hybridized carbons (Fsp3) is 0.500. The third-order valence-corrected chi connectivity index (χ3v) is 2.35. The van der Waals surface area contributed by atoms with Gasteiger partial charge in [-0.3, -0.25) is 4.79 Å². The van der Waals surface area contributed by atoms with Crippen LogP contribution in [0.2, 0.25) is 0 Å². The van der Waals surface area contributed by atoms with Crippen molar-refractivity contribution in [3.8, 4) is 0 Å². The van der Waals surface area contributed by atoms with Gasteiger partial charge in [0.05, 0.1) is 31.2 Å². The summed E-state index contributed by atoms with van der Waals surface area (Å²) in [5, 5.41) is 13.3. The molecule has 1 saturated heterocycles. The second-order valence-electron chi connectivity index (χ2n) is 3.57. The number of nitrogens with one attached hydrogen (secondary N) is 2. The van der Waals surface area contributed by atoms with E-state index in [1.54, 1.807) is 6.07 Å². The standard InChI is InChI=1S/C10H14N4O2/c15-10(8-1-2-13-14-5-8)12-6-9-7-16-4-3-11-9/h1-2,5,9,11H,3-4,6-7H2,(H,12,15). The molecule has 2 rings (SSSR count). The van der Waals surface area contributed by atoms with Crippen LogP contribution in [0.4, 0.5) is 0 Å². The van der Waals surface area contributed by atoms with Crippen LogP contribution in [0.3, 0.4) is 0 Å². The van der Waals surface area contributed by atoms with Gasteiger partial charge in [-0.2, -0.15) is 10.2 Å². The highest BCUT2D eigenvalue weighted by Gasteiger charge is 2.14. The molecule has 1 atom stereocenters.